The molecule has 2 amide bonds. The summed E-state index contributed by atoms with van der Waals surface area (Å²) in [6, 6.07) is 16.7. The van der Waals surface area contributed by atoms with Crippen LogP contribution < -0.4 is 10.2 Å². The largest absolute Gasteiger partial charge is 0.350 e. The second-order valence-corrected chi connectivity index (χ2v) is 8.33. The zero-order valence-electron chi connectivity index (χ0n) is 17.1. The molecule has 154 valence electrons. The number of nitrogens with one attached hydrogen (secondary N) is 1. The summed E-state index contributed by atoms with van der Waals surface area (Å²) in [6.07, 6.45) is 0. The number of benzene rings is 2. The minimum atomic E-state index is -1.17. The van der Waals surface area contributed by atoms with Crippen molar-refractivity contribution in [3.8, 4) is 0 Å². The molecular formula is C23H23ClN4O2. The maximum Gasteiger partial charge on any atom is 0.277 e. The van der Waals surface area contributed by atoms with E-state index in [0.717, 1.165) is 16.8 Å². The highest BCUT2D eigenvalue weighted by atomic mass is 35.5. The fourth-order valence-electron chi connectivity index (χ4n) is 3.81. The summed E-state index contributed by atoms with van der Waals surface area (Å²) in [7, 11) is 0. The second kappa shape index (κ2) is 7.61. The van der Waals surface area contributed by atoms with Crippen molar-refractivity contribution < 1.29 is 9.59 Å². The van der Waals surface area contributed by atoms with Gasteiger partial charge in [-0.15, -0.1) is 0 Å². The quantitative estimate of drug-likeness (QED) is 0.693. The molecule has 1 atom stereocenters. The highest BCUT2D eigenvalue weighted by molar-refractivity contribution is 6.31. The molecule has 1 aromatic heterocycles. The Kier molecular flexibility index (Phi) is 5.12. The Hall–Kier alpha value is -3.12. The van der Waals surface area contributed by atoms with E-state index >= 15 is 0 Å². The van der Waals surface area contributed by atoms with E-state index in [-0.39, 0.29) is 18.4 Å². The monoisotopic (exact) mass is 422 g/mol. The van der Waals surface area contributed by atoms with Gasteiger partial charge in [0, 0.05) is 17.3 Å². The summed E-state index contributed by atoms with van der Waals surface area (Å²) in [5, 5.41) is 7.91. The van der Waals surface area contributed by atoms with Crippen LogP contribution in [0.5, 0.6) is 0 Å². The molecule has 0 aliphatic carbocycles. The molecule has 6 nitrogen and oxygen atoms in total. The van der Waals surface area contributed by atoms with Crippen LogP contribution in [-0.2, 0) is 17.9 Å². The first-order valence-electron chi connectivity index (χ1n) is 9.76. The van der Waals surface area contributed by atoms with Gasteiger partial charge in [-0.2, -0.15) is 5.10 Å². The average molecular weight is 423 g/mol. The molecule has 0 spiro atoms. The maximum absolute atomic E-state index is 13.4. The summed E-state index contributed by atoms with van der Waals surface area (Å²) in [4.78, 5) is 28.4. The van der Waals surface area contributed by atoms with E-state index in [1.807, 2.05) is 38.1 Å². The molecule has 1 aliphatic heterocycles. The predicted octanol–water partition coefficient (Wildman–Crippen LogP) is 3.89. The Balaban J connectivity index is 1.70. The van der Waals surface area contributed by atoms with Crippen LogP contribution in [-0.4, -0.2) is 27.1 Å². The van der Waals surface area contributed by atoms with Gasteiger partial charge in [-0.25, -0.2) is 0 Å². The number of hydrogen-bond acceptors (Lipinski definition) is 3. The van der Waals surface area contributed by atoms with Crippen molar-refractivity contribution in [2.75, 3.05) is 4.90 Å². The smallest absolute Gasteiger partial charge is 0.277 e. The number of aromatic nitrogens is 2. The van der Waals surface area contributed by atoms with Gasteiger partial charge in [0.15, 0.2) is 0 Å². The van der Waals surface area contributed by atoms with Gasteiger partial charge in [0.2, 0.25) is 5.91 Å². The van der Waals surface area contributed by atoms with E-state index in [1.54, 1.807) is 41.9 Å². The number of carbonyl (C=O) groups is 2. The molecule has 1 N–H and O–H groups in total. The highest BCUT2D eigenvalue weighted by Crippen LogP contribution is 2.34. The fraction of sp³-hybridized carbons (Fsp3) is 0.261. The highest BCUT2D eigenvalue weighted by Gasteiger charge is 2.48. The molecule has 3 aromatic rings. The van der Waals surface area contributed by atoms with Crippen molar-refractivity contribution in [2.24, 2.45) is 0 Å². The minimum absolute atomic E-state index is 0.244. The van der Waals surface area contributed by atoms with Crippen molar-refractivity contribution in [3.05, 3.63) is 82.1 Å². The first kappa shape index (κ1) is 20.2. The van der Waals surface area contributed by atoms with E-state index in [2.05, 4.69) is 10.4 Å². The van der Waals surface area contributed by atoms with Gasteiger partial charge in [0.25, 0.3) is 5.91 Å². The lowest BCUT2D eigenvalue weighted by molar-refractivity contribution is -0.126. The molecule has 4 rings (SSSR count). The Morgan fingerprint density at radius 2 is 1.90 bits per heavy atom. The van der Waals surface area contributed by atoms with Crippen LogP contribution >= 0.6 is 11.6 Å². The van der Waals surface area contributed by atoms with Crippen LogP contribution in [0.25, 0.3) is 0 Å². The summed E-state index contributed by atoms with van der Waals surface area (Å²) in [5.41, 5.74) is 2.74. The van der Waals surface area contributed by atoms with Crippen molar-refractivity contribution in [2.45, 2.75) is 39.4 Å². The van der Waals surface area contributed by atoms with Crippen LogP contribution in [0.1, 0.15) is 34.2 Å². The van der Waals surface area contributed by atoms with E-state index in [9.17, 15) is 9.59 Å². The van der Waals surface area contributed by atoms with Gasteiger partial charge in [-0.1, -0.05) is 47.5 Å². The van der Waals surface area contributed by atoms with E-state index in [0.29, 0.717) is 22.9 Å². The second-order valence-electron chi connectivity index (χ2n) is 7.89. The Morgan fingerprint density at radius 1 is 1.17 bits per heavy atom. The molecule has 7 heteroatoms. The molecule has 1 aliphatic rings. The van der Waals surface area contributed by atoms with Gasteiger partial charge in [-0.3, -0.25) is 19.2 Å². The maximum atomic E-state index is 13.4. The SMILES string of the molecule is Cc1ccc(CNC(=O)[C@@]2(C)Cn3nc(C)cc3C(=O)N2c2cccc(Cl)c2)cc1. The van der Waals surface area contributed by atoms with Crippen LogP contribution in [0.15, 0.2) is 54.6 Å². The van der Waals surface area contributed by atoms with Crippen LogP contribution in [0, 0.1) is 13.8 Å². The van der Waals surface area contributed by atoms with Crippen LogP contribution in [0.2, 0.25) is 5.02 Å². The summed E-state index contributed by atoms with van der Waals surface area (Å²) >= 11 is 6.19. The molecule has 30 heavy (non-hydrogen) atoms. The number of carbonyl (C=O) groups excluding carboxylic acids is 2. The molecule has 2 aromatic carbocycles. The number of fused-ring (bicyclic) bond motifs is 1. The van der Waals surface area contributed by atoms with Crippen molar-refractivity contribution >= 4 is 29.1 Å². The van der Waals surface area contributed by atoms with Crippen LogP contribution in [0.3, 0.4) is 0 Å². The molecule has 2 heterocycles. The Bertz CT molecular complexity index is 1120. The summed E-state index contributed by atoms with van der Waals surface area (Å²) in [5.74, 6) is -0.535. The first-order valence-corrected chi connectivity index (χ1v) is 10.1. The number of hydrogen-bond donors (Lipinski definition) is 1. The Labute approximate surface area is 180 Å². The number of halogens is 1. The van der Waals surface area contributed by atoms with Gasteiger partial charge in [-0.05, 0) is 50.6 Å². The average Bonchev–Trinajstić information content (AvgIpc) is 3.07. The predicted molar refractivity (Wildman–Crippen MR) is 117 cm³/mol. The van der Waals surface area contributed by atoms with Crippen LogP contribution in [0.4, 0.5) is 5.69 Å². The first-order chi connectivity index (χ1) is 14.3. The number of rotatable bonds is 4. The van der Waals surface area contributed by atoms with Crippen molar-refractivity contribution in [1.82, 2.24) is 15.1 Å². The van der Waals surface area contributed by atoms with E-state index in [1.165, 1.54) is 4.90 Å². The number of anilines is 1. The van der Waals surface area contributed by atoms with E-state index in [4.69, 9.17) is 11.6 Å². The number of aryl methyl sites for hydroxylation is 2. The van der Waals surface area contributed by atoms with Gasteiger partial charge < -0.3 is 5.32 Å². The third-order valence-electron chi connectivity index (χ3n) is 5.40. The minimum Gasteiger partial charge on any atom is -0.350 e. The lowest BCUT2D eigenvalue weighted by Gasteiger charge is -2.43. The van der Waals surface area contributed by atoms with Gasteiger partial charge in [0.05, 0.1) is 12.2 Å². The zero-order valence-corrected chi connectivity index (χ0v) is 17.9. The van der Waals surface area contributed by atoms with Gasteiger partial charge in [0.1, 0.15) is 11.2 Å². The summed E-state index contributed by atoms with van der Waals surface area (Å²) < 4.78 is 1.62. The standard InChI is InChI=1S/C23H23ClN4O2/c1-15-7-9-17(10-8-15)13-25-22(30)23(3)14-27-20(11-16(2)26-27)21(29)28(23)19-6-4-5-18(24)12-19/h4-12H,13-14H2,1-3H3,(H,25,30)/t23-/m1/s1. The Morgan fingerprint density at radius 3 is 2.60 bits per heavy atom. The molecular weight excluding hydrogens is 400 g/mol. The molecule has 0 unspecified atom stereocenters. The lowest BCUT2D eigenvalue weighted by atomic mass is 9.94. The zero-order chi connectivity index (χ0) is 21.5. The topological polar surface area (TPSA) is 67.2 Å². The third-order valence-corrected chi connectivity index (χ3v) is 5.64. The van der Waals surface area contributed by atoms with Gasteiger partial charge >= 0.3 is 0 Å². The molecule has 0 saturated carbocycles. The lowest BCUT2D eigenvalue weighted by Crippen LogP contribution is -2.64. The normalized spacial score (nSPS) is 18.3. The molecule has 0 fully saturated rings. The molecule has 0 saturated heterocycles. The molecule has 0 bridgehead atoms. The number of nitrogens with zero attached hydrogens (tertiary/aromatic N) is 3. The summed E-state index contributed by atoms with van der Waals surface area (Å²) in [6.45, 7) is 6.22. The molecule has 0 radical (unpaired) electrons. The third kappa shape index (κ3) is 3.59. The van der Waals surface area contributed by atoms with Crippen molar-refractivity contribution in [3.63, 3.8) is 0 Å². The van der Waals surface area contributed by atoms with Crippen molar-refractivity contribution in [1.29, 1.82) is 0 Å². The fourth-order valence-corrected chi connectivity index (χ4v) is 3.99. The van der Waals surface area contributed by atoms with E-state index < -0.39 is 5.54 Å². The number of amides is 2.